The van der Waals surface area contributed by atoms with Crippen LogP contribution < -0.4 is 0 Å². The van der Waals surface area contributed by atoms with E-state index in [2.05, 4.69) is 13.8 Å². The van der Waals surface area contributed by atoms with Gasteiger partial charge < -0.3 is 10.2 Å². The summed E-state index contributed by atoms with van der Waals surface area (Å²) < 4.78 is 0. The van der Waals surface area contributed by atoms with Gasteiger partial charge >= 0.3 is 0 Å². The highest BCUT2D eigenvalue weighted by atomic mass is 16.3. The minimum atomic E-state index is -0.0955. The lowest BCUT2D eigenvalue weighted by Gasteiger charge is -2.04. The molecule has 2 heteroatoms. The Hall–Kier alpha value is -0.0800. The number of hydrogen-bond donors (Lipinski definition) is 2. The number of unbranched alkanes of at least 4 members (excludes halogenated alkanes) is 5. The Morgan fingerprint density at radius 3 is 1.67 bits per heavy atom. The van der Waals surface area contributed by atoms with Crippen molar-refractivity contribution in [2.45, 2.75) is 104 Å². The quantitative estimate of drug-likeness (QED) is 0.560. The topological polar surface area (TPSA) is 40.5 Å². The summed E-state index contributed by atoms with van der Waals surface area (Å²) >= 11 is 0. The van der Waals surface area contributed by atoms with Crippen molar-refractivity contribution < 1.29 is 10.2 Å². The zero-order valence-corrected chi connectivity index (χ0v) is 13.1. The van der Waals surface area contributed by atoms with Crippen molar-refractivity contribution in [1.82, 2.24) is 0 Å². The van der Waals surface area contributed by atoms with Crippen molar-refractivity contribution >= 4 is 0 Å². The summed E-state index contributed by atoms with van der Waals surface area (Å²) in [6, 6.07) is 0. The fraction of sp³-hybridized carbons (Fsp3) is 1.00. The van der Waals surface area contributed by atoms with Crippen molar-refractivity contribution in [3.8, 4) is 0 Å². The third-order valence-corrected chi connectivity index (χ3v) is 3.09. The maximum absolute atomic E-state index is 9.08. The van der Waals surface area contributed by atoms with Gasteiger partial charge in [-0.15, -0.1) is 0 Å². The molecule has 2 atom stereocenters. The molecule has 0 amide bonds. The number of aliphatic hydroxyl groups is 2. The molecule has 2 unspecified atom stereocenters. The first-order chi connectivity index (χ1) is 8.58. The van der Waals surface area contributed by atoms with Crippen LogP contribution in [0.5, 0.6) is 0 Å². The van der Waals surface area contributed by atoms with E-state index in [4.69, 9.17) is 10.2 Å². The molecule has 0 fully saturated rings. The Bertz CT molecular complexity index is 135. The molecule has 0 aliphatic rings. The van der Waals surface area contributed by atoms with Crippen LogP contribution in [0.25, 0.3) is 0 Å². The van der Waals surface area contributed by atoms with Crippen molar-refractivity contribution in [2.24, 2.45) is 0 Å². The monoisotopic (exact) mass is 260 g/mol. The van der Waals surface area contributed by atoms with Gasteiger partial charge in [0, 0.05) is 0 Å². The van der Waals surface area contributed by atoms with Crippen LogP contribution in [-0.4, -0.2) is 22.4 Å². The first-order valence-electron chi connectivity index (χ1n) is 7.94. The minimum absolute atomic E-state index is 0.0449. The van der Waals surface area contributed by atoms with Gasteiger partial charge in [-0.2, -0.15) is 0 Å². The van der Waals surface area contributed by atoms with Crippen molar-refractivity contribution in [1.29, 1.82) is 0 Å². The third kappa shape index (κ3) is 21.2. The minimum Gasteiger partial charge on any atom is -0.393 e. The highest BCUT2D eigenvalue weighted by Crippen LogP contribution is 2.05. The molecule has 2 N–H and O–H groups in total. The van der Waals surface area contributed by atoms with Gasteiger partial charge in [-0.1, -0.05) is 65.7 Å². The lowest BCUT2D eigenvalue weighted by atomic mass is 10.1. The molecular weight excluding hydrogens is 224 g/mol. The van der Waals surface area contributed by atoms with E-state index in [1.807, 2.05) is 13.8 Å². The van der Waals surface area contributed by atoms with E-state index in [1.54, 1.807) is 0 Å². The summed E-state index contributed by atoms with van der Waals surface area (Å²) in [4.78, 5) is 0. The van der Waals surface area contributed by atoms with Gasteiger partial charge in [0.15, 0.2) is 0 Å². The summed E-state index contributed by atoms with van der Waals surface area (Å²) in [6.07, 6.45) is 11.5. The molecule has 0 heterocycles. The zero-order valence-electron chi connectivity index (χ0n) is 13.1. The summed E-state index contributed by atoms with van der Waals surface area (Å²) in [5.74, 6) is 0. The molecule has 0 aromatic rings. The normalized spacial score (nSPS) is 13.7. The van der Waals surface area contributed by atoms with Gasteiger partial charge in [-0.25, -0.2) is 0 Å². The molecule has 0 spiro atoms. The van der Waals surface area contributed by atoms with Gasteiger partial charge in [0.25, 0.3) is 0 Å². The van der Waals surface area contributed by atoms with Crippen molar-refractivity contribution in [3.05, 3.63) is 0 Å². The van der Waals surface area contributed by atoms with Crippen LogP contribution >= 0.6 is 0 Å². The van der Waals surface area contributed by atoms with E-state index < -0.39 is 0 Å². The molecule has 0 bridgehead atoms. The van der Waals surface area contributed by atoms with Crippen LogP contribution in [0.1, 0.15) is 91.9 Å². The molecule has 2 nitrogen and oxygen atoms in total. The lowest BCUT2D eigenvalue weighted by Crippen LogP contribution is -2.02. The largest absolute Gasteiger partial charge is 0.393 e. The molecule has 0 aromatic carbocycles. The molecule has 0 saturated carbocycles. The Labute approximate surface area is 115 Å². The molecule has 18 heavy (non-hydrogen) atoms. The molecular formula is C16H36O2. The van der Waals surface area contributed by atoms with Gasteiger partial charge in [-0.3, -0.25) is 0 Å². The van der Waals surface area contributed by atoms with E-state index in [1.165, 1.54) is 44.9 Å². The standard InChI is InChI=1S/2C8H18O/c1-3-4-5-6-7-8(2)9;1-3-5-6-7-8(9)4-2/h2*8-9H,3-7H2,1-2H3. The van der Waals surface area contributed by atoms with Gasteiger partial charge in [0.2, 0.25) is 0 Å². The van der Waals surface area contributed by atoms with E-state index >= 15 is 0 Å². The van der Waals surface area contributed by atoms with Crippen LogP contribution in [0, 0.1) is 0 Å². The van der Waals surface area contributed by atoms with Crippen LogP contribution in [-0.2, 0) is 0 Å². The van der Waals surface area contributed by atoms with Crippen LogP contribution in [0.15, 0.2) is 0 Å². The Morgan fingerprint density at radius 1 is 0.722 bits per heavy atom. The van der Waals surface area contributed by atoms with Crippen molar-refractivity contribution in [2.75, 3.05) is 0 Å². The smallest absolute Gasteiger partial charge is 0.0537 e. The fourth-order valence-electron chi connectivity index (χ4n) is 1.70. The number of aliphatic hydroxyl groups excluding tert-OH is 2. The average molecular weight is 260 g/mol. The summed E-state index contributed by atoms with van der Waals surface area (Å²) in [6.45, 7) is 8.25. The summed E-state index contributed by atoms with van der Waals surface area (Å²) in [7, 11) is 0. The van der Waals surface area contributed by atoms with Gasteiger partial charge in [0.1, 0.15) is 0 Å². The second-order valence-electron chi connectivity index (χ2n) is 5.26. The van der Waals surface area contributed by atoms with Gasteiger partial charge in [0.05, 0.1) is 12.2 Å². The maximum atomic E-state index is 9.08. The lowest BCUT2D eigenvalue weighted by molar-refractivity contribution is 0.156. The van der Waals surface area contributed by atoms with Crippen LogP contribution in [0.2, 0.25) is 0 Å². The zero-order chi connectivity index (χ0) is 14.2. The van der Waals surface area contributed by atoms with Crippen LogP contribution in [0.4, 0.5) is 0 Å². The van der Waals surface area contributed by atoms with Crippen molar-refractivity contribution in [3.63, 3.8) is 0 Å². The van der Waals surface area contributed by atoms with E-state index in [0.717, 1.165) is 19.3 Å². The van der Waals surface area contributed by atoms with Crippen LogP contribution in [0.3, 0.4) is 0 Å². The molecule has 112 valence electrons. The summed E-state index contributed by atoms with van der Waals surface area (Å²) in [5, 5.41) is 17.9. The highest BCUT2D eigenvalue weighted by molar-refractivity contribution is 4.51. The molecule has 0 aliphatic carbocycles. The first-order valence-corrected chi connectivity index (χ1v) is 7.94. The predicted octanol–water partition coefficient (Wildman–Crippen LogP) is 4.68. The second-order valence-corrected chi connectivity index (χ2v) is 5.26. The first kappa shape index (κ1) is 20.2. The maximum Gasteiger partial charge on any atom is 0.0537 e. The highest BCUT2D eigenvalue weighted by Gasteiger charge is 1.97. The number of rotatable bonds is 10. The molecule has 0 aromatic heterocycles. The SMILES string of the molecule is CCCCCC(O)CC.CCCCCCC(C)O. The molecule has 0 rings (SSSR count). The molecule has 0 aliphatic heterocycles. The number of hydrogen-bond acceptors (Lipinski definition) is 2. The van der Waals surface area contributed by atoms with E-state index in [-0.39, 0.29) is 12.2 Å². The fourth-order valence-corrected chi connectivity index (χ4v) is 1.70. The second kappa shape index (κ2) is 16.9. The predicted molar refractivity (Wildman–Crippen MR) is 80.9 cm³/mol. The van der Waals surface area contributed by atoms with E-state index in [9.17, 15) is 0 Å². The van der Waals surface area contributed by atoms with E-state index in [0.29, 0.717) is 0 Å². The molecule has 0 radical (unpaired) electrons. The Balaban J connectivity index is 0. The Morgan fingerprint density at radius 2 is 1.22 bits per heavy atom. The average Bonchev–Trinajstić information content (AvgIpc) is 2.35. The third-order valence-electron chi connectivity index (χ3n) is 3.09. The Kier molecular flexibility index (Phi) is 19.0. The van der Waals surface area contributed by atoms with Gasteiger partial charge in [-0.05, 0) is 26.2 Å². The molecule has 0 saturated heterocycles. The summed E-state index contributed by atoms with van der Waals surface area (Å²) in [5.41, 5.74) is 0.